The van der Waals surface area contributed by atoms with Crippen LogP contribution in [0.5, 0.6) is 0 Å². The van der Waals surface area contributed by atoms with Gasteiger partial charge >= 0.3 is 11.1 Å². The van der Waals surface area contributed by atoms with Gasteiger partial charge in [0.15, 0.2) is 0 Å². The minimum Gasteiger partial charge on any atom is -0.305 e. The minimum atomic E-state index is -3.86. The molecule has 1 N–H and O–H groups in total. The van der Waals surface area contributed by atoms with Crippen molar-refractivity contribution in [2.24, 2.45) is 14.1 Å². The lowest BCUT2D eigenvalue weighted by Crippen LogP contribution is -2.39. The van der Waals surface area contributed by atoms with Crippen molar-refractivity contribution in [2.45, 2.75) is 11.4 Å². The number of aryl methyl sites for hydroxylation is 2. The molecule has 7 nitrogen and oxygen atoms in total. The molecular formula is C17H16FN3O4S. The molecule has 0 amide bonds. The van der Waals surface area contributed by atoms with Gasteiger partial charge in [0, 0.05) is 20.6 Å². The molecule has 0 aliphatic rings. The highest BCUT2D eigenvalue weighted by Gasteiger charge is 2.17. The highest BCUT2D eigenvalue weighted by molar-refractivity contribution is 7.89. The van der Waals surface area contributed by atoms with Crippen molar-refractivity contribution in [1.29, 1.82) is 0 Å². The zero-order valence-corrected chi connectivity index (χ0v) is 14.9. The SMILES string of the molecule is Cn1c(=O)c(=O)n(C)c2cc(S(=O)(=O)NCc3ccc(F)cc3)ccc21. The Balaban J connectivity index is 2.00. The largest absolute Gasteiger partial charge is 0.316 e. The van der Waals surface area contributed by atoms with Crippen LogP contribution in [0.15, 0.2) is 56.9 Å². The van der Waals surface area contributed by atoms with Gasteiger partial charge < -0.3 is 9.13 Å². The van der Waals surface area contributed by atoms with Crippen molar-refractivity contribution in [1.82, 2.24) is 13.9 Å². The van der Waals surface area contributed by atoms with Crippen LogP contribution in [0.25, 0.3) is 11.0 Å². The number of aromatic nitrogens is 2. The number of halogens is 1. The number of sulfonamides is 1. The van der Waals surface area contributed by atoms with Gasteiger partial charge in [0.25, 0.3) is 0 Å². The predicted molar refractivity (Wildman–Crippen MR) is 94.9 cm³/mol. The lowest BCUT2D eigenvalue weighted by atomic mass is 10.2. The molecule has 9 heteroatoms. The zero-order chi connectivity index (χ0) is 19.1. The second-order valence-electron chi connectivity index (χ2n) is 5.83. The fraction of sp³-hybridized carbons (Fsp3) is 0.176. The first-order valence-corrected chi connectivity index (χ1v) is 9.13. The Hall–Kier alpha value is -2.78. The molecule has 0 radical (unpaired) electrons. The van der Waals surface area contributed by atoms with Crippen LogP contribution in [-0.4, -0.2) is 17.6 Å². The number of fused-ring (bicyclic) bond motifs is 1. The average molecular weight is 377 g/mol. The van der Waals surface area contributed by atoms with Crippen molar-refractivity contribution in [2.75, 3.05) is 0 Å². The van der Waals surface area contributed by atoms with E-state index in [2.05, 4.69) is 4.72 Å². The molecule has 0 atom stereocenters. The van der Waals surface area contributed by atoms with Gasteiger partial charge in [0.1, 0.15) is 5.82 Å². The smallest absolute Gasteiger partial charge is 0.305 e. The maximum atomic E-state index is 12.9. The highest BCUT2D eigenvalue weighted by atomic mass is 32.2. The first kappa shape index (κ1) is 18.0. The summed E-state index contributed by atoms with van der Waals surface area (Å²) in [5.41, 5.74) is -0.0687. The van der Waals surface area contributed by atoms with Crippen molar-refractivity contribution < 1.29 is 12.8 Å². The van der Waals surface area contributed by atoms with Crippen LogP contribution < -0.4 is 15.8 Å². The number of nitrogens with one attached hydrogen (secondary N) is 1. The molecule has 2 aromatic carbocycles. The van der Waals surface area contributed by atoms with Crippen molar-refractivity contribution in [3.05, 3.63) is 74.6 Å². The van der Waals surface area contributed by atoms with E-state index in [9.17, 15) is 22.4 Å². The molecule has 1 aromatic heterocycles. The molecule has 0 fully saturated rings. The van der Waals surface area contributed by atoms with Crippen molar-refractivity contribution in [3.8, 4) is 0 Å². The maximum absolute atomic E-state index is 12.9. The Bertz CT molecular complexity index is 1210. The van der Waals surface area contributed by atoms with Gasteiger partial charge in [-0.05, 0) is 35.9 Å². The molecule has 0 unspecified atom stereocenters. The van der Waals surface area contributed by atoms with E-state index in [0.29, 0.717) is 16.6 Å². The second kappa shape index (κ2) is 6.50. The van der Waals surface area contributed by atoms with Crippen molar-refractivity contribution >= 4 is 21.1 Å². The van der Waals surface area contributed by atoms with E-state index in [4.69, 9.17) is 0 Å². The molecule has 0 saturated heterocycles. The fourth-order valence-electron chi connectivity index (χ4n) is 2.59. The van der Waals surface area contributed by atoms with Gasteiger partial charge in [0.2, 0.25) is 10.0 Å². The molecule has 26 heavy (non-hydrogen) atoms. The molecule has 0 aliphatic heterocycles. The maximum Gasteiger partial charge on any atom is 0.316 e. The minimum absolute atomic E-state index is 0.00709. The Labute approximate surface area is 148 Å². The van der Waals surface area contributed by atoms with Crippen LogP contribution >= 0.6 is 0 Å². The van der Waals surface area contributed by atoms with Crippen LogP contribution in [0, 0.1) is 5.82 Å². The van der Waals surface area contributed by atoms with E-state index in [1.54, 1.807) is 0 Å². The molecule has 3 rings (SSSR count). The van der Waals surface area contributed by atoms with Crippen LogP contribution in [0.1, 0.15) is 5.56 Å². The first-order chi connectivity index (χ1) is 12.2. The lowest BCUT2D eigenvalue weighted by molar-refractivity contribution is 0.581. The topological polar surface area (TPSA) is 90.2 Å². The Kier molecular flexibility index (Phi) is 4.51. The standard InChI is InChI=1S/C17H16FN3O4S/c1-20-14-8-7-13(9-15(14)21(2)17(23)16(20)22)26(24,25)19-10-11-3-5-12(18)6-4-11/h3-9,19H,10H2,1-2H3. The number of nitrogens with zero attached hydrogens (tertiary/aromatic N) is 2. The molecule has 1 heterocycles. The number of benzene rings is 2. The molecule has 3 aromatic rings. The number of hydrogen-bond donors (Lipinski definition) is 1. The summed E-state index contributed by atoms with van der Waals surface area (Å²) in [6.07, 6.45) is 0. The summed E-state index contributed by atoms with van der Waals surface area (Å²) in [6.45, 7) is -0.00709. The molecule has 136 valence electrons. The van der Waals surface area contributed by atoms with Crippen molar-refractivity contribution in [3.63, 3.8) is 0 Å². The summed E-state index contributed by atoms with van der Waals surface area (Å²) in [4.78, 5) is 23.7. The quantitative estimate of drug-likeness (QED) is 0.683. The number of hydrogen-bond acceptors (Lipinski definition) is 4. The highest BCUT2D eigenvalue weighted by Crippen LogP contribution is 2.17. The van der Waals surface area contributed by atoms with Gasteiger partial charge in [-0.3, -0.25) is 9.59 Å². The summed E-state index contributed by atoms with van der Waals surface area (Å²) >= 11 is 0. The van der Waals surface area contributed by atoms with Gasteiger partial charge in [-0.2, -0.15) is 0 Å². The predicted octanol–water partition coefficient (Wildman–Crippen LogP) is 0.855. The molecule has 0 spiro atoms. The second-order valence-corrected chi connectivity index (χ2v) is 7.60. The van der Waals surface area contributed by atoms with E-state index >= 15 is 0 Å². The summed E-state index contributed by atoms with van der Waals surface area (Å²) < 4.78 is 42.7. The Morgan fingerprint density at radius 2 is 1.50 bits per heavy atom. The van der Waals surface area contributed by atoms with Crippen LogP contribution in [0.3, 0.4) is 0 Å². The van der Waals surface area contributed by atoms with Gasteiger partial charge in [-0.15, -0.1) is 0 Å². The van der Waals surface area contributed by atoms with Gasteiger partial charge in [0.05, 0.1) is 15.9 Å². The number of rotatable bonds is 4. The van der Waals surface area contributed by atoms with E-state index in [1.807, 2.05) is 0 Å². The summed E-state index contributed by atoms with van der Waals surface area (Å²) in [5, 5.41) is 0. The van der Waals surface area contributed by atoms with Crippen LogP contribution in [0.4, 0.5) is 4.39 Å². The summed E-state index contributed by atoms with van der Waals surface area (Å²) in [5.74, 6) is -0.405. The fourth-order valence-corrected chi connectivity index (χ4v) is 3.63. The van der Waals surface area contributed by atoms with E-state index < -0.39 is 27.0 Å². The van der Waals surface area contributed by atoms with E-state index in [1.165, 1.54) is 61.1 Å². The Morgan fingerprint density at radius 3 is 2.12 bits per heavy atom. The summed E-state index contributed by atoms with van der Waals surface area (Å²) in [6, 6.07) is 9.63. The Morgan fingerprint density at radius 1 is 0.923 bits per heavy atom. The third kappa shape index (κ3) is 3.18. The molecule has 0 aliphatic carbocycles. The summed E-state index contributed by atoms with van der Waals surface area (Å²) in [7, 11) is -0.997. The molecule has 0 bridgehead atoms. The third-order valence-electron chi connectivity index (χ3n) is 4.15. The third-order valence-corrected chi connectivity index (χ3v) is 5.55. The van der Waals surface area contributed by atoms with Crippen LogP contribution in [-0.2, 0) is 30.7 Å². The van der Waals surface area contributed by atoms with Crippen LogP contribution in [0.2, 0.25) is 0 Å². The van der Waals surface area contributed by atoms with E-state index in [0.717, 1.165) is 4.57 Å². The lowest BCUT2D eigenvalue weighted by Gasteiger charge is -2.11. The first-order valence-electron chi connectivity index (χ1n) is 7.64. The van der Waals surface area contributed by atoms with Gasteiger partial charge in [-0.25, -0.2) is 17.5 Å². The van der Waals surface area contributed by atoms with Gasteiger partial charge in [-0.1, -0.05) is 12.1 Å². The average Bonchev–Trinajstić information content (AvgIpc) is 2.63. The zero-order valence-electron chi connectivity index (χ0n) is 14.1. The molecule has 0 saturated carbocycles. The normalized spacial score (nSPS) is 11.8. The monoisotopic (exact) mass is 377 g/mol. The molecular weight excluding hydrogens is 361 g/mol. The van der Waals surface area contributed by atoms with E-state index in [-0.39, 0.29) is 11.4 Å².